The highest BCUT2D eigenvalue weighted by molar-refractivity contribution is 5.94. The quantitative estimate of drug-likeness (QED) is 0.108. The molecule has 4 nitrogen and oxygen atoms in total. The Balaban J connectivity index is 0.000000146. The summed E-state index contributed by atoms with van der Waals surface area (Å²) in [7, 11) is 0. The Morgan fingerprint density at radius 3 is 0.902 bits per heavy atom. The van der Waals surface area contributed by atoms with E-state index in [4.69, 9.17) is 5.48 Å². The first-order valence-corrected chi connectivity index (χ1v) is 44.7. The highest BCUT2D eigenvalue weighted by atomic mass is 15.2. The van der Waals surface area contributed by atoms with Gasteiger partial charge >= 0.3 is 0 Å². The molecule has 4 aliphatic rings. The number of para-hydroxylation sites is 4. The zero-order valence-corrected chi connectivity index (χ0v) is 80.0. The van der Waals surface area contributed by atoms with Gasteiger partial charge < -0.3 is 19.6 Å². The van der Waals surface area contributed by atoms with E-state index in [1.807, 2.05) is 87.4 Å². The molecule has 0 amide bonds. The van der Waals surface area contributed by atoms with E-state index in [1.54, 1.807) is 0 Å². The number of hydrogen-bond donors (Lipinski definition) is 0. The van der Waals surface area contributed by atoms with Crippen LogP contribution in [0.5, 0.6) is 0 Å². The Morgan fingerprint density at radius 2 is 0.549 bits per heavy atom. The van der Waals surface area contributed by atoms with Crippen molar-refractivity contribution in [2.24, 2.45) is 0 Å². The van der Waals surface area contributed by atoms with Crippen molar-refractivity contribution >= 4 is 45.5 Å². The second-order valence-electron chi connectivity index (χ2n) is 41.5. The first kappa shape index (κ1) is 81.5. The lowest BCUT2D eigenvalue weighted by Crippen LogP contribution is -2.39. The fraction of sp³-hybridized carbons (Fsp3) is 0.390. The van der Waals surface area contributed by atoms with Crippen LogP contribution in [0.1, 0.15) is 329 Å². The molecule has 0 saturated carbocycles. The minimum Gasteiger partial charge on any atom is -0.336 e. The summed E-state index contributed by atoms with van der Waals surface area (Å²) in [5, 5.41) is 0. The molecule has 4 aliphatic carbocycles. The van der Waals surface area contributed by atoms with Crippen LogP contribution in [0.2, 0.25) is 0 Å². The summed E-state index contributed by atoms with van der Waals surface area (Å²) in [5.74, 6) is -3.13. The Morgan fingerprint density at radius 1 is 0.270 bits per heavy atom. The molecule has 636 valence electrons. The maximum atomic E-state index is 9.33. The van der Waals surface area contributed by atoms with Crippen LogP contribution in [0.4, 0.5) is 45.5 Å². The normalized spacial score (nSPS) is 16.1. The van der Waals surface area contributed by atoms with Gasteiger partial charge in [0.15, 0.2) is 0 Å². The van der Waals surface area contributed by atoms with Gasteiger partial charge in [-0.15, -0.1) is 0 Å². The number of rotatable bonds is 14. The molecular formula is C118H144N4. The van der Waals surface area contributed by atoms with Crippen LogP contribution in [0.25, 0.3) is 44.5 Å². The minimum atomic E-state index is -0.816. The first-order chi connectivity index (χ1) is 59.2. The molecule has 0 radical (unpaired) electrons. The number of aryl methyl sites for hydroxylation is 2. The number of hydrogen-bond acceptors (Lipinski definition) is 4. The fourth-order valence-corrected chi connectivity index (χ4v) is 20.8. The third-order valence-corrected chi connectivity index (χ3v) is 26.3. The van der Waals surface area contributed by atoms with Gasteiger partial charge in [-0.2, -0.15) is 0 Å². The maximum Gasteiger partial charge on any atom is 0.0457 e. The lowest BCUT2D eigenvalue weighted by Gasteiger charge is -2.42. The molecule has 0 N–H and O–H groups in total. The van der Waals surface area contributed by atoms with E-state index < -0.39 is 23.6 Å². The van der Waals surface area contributed by atoms with Gasteiger partial charge in [0, 0.05) is 97.5 Å². The van der Waals surface area contributed by atoms with E-state index in [9.17, 15) is 2.74 Å². The van der Waals surface area contributed by atoms with Gasteiger partial charge in [0.25, 0.3) is 0 Å². The molecule has 0 aromatic heterocycles. The molecule has 122 heavy (non-hydrogen) atoms. The highest BCUT2D eigenvalue weighted by Gasteiger charge is 2.45. The highest BCUT2D eigenvalue weighted by Crippen LogP contribution is 2.60. The summed E-state index contributed by atoms with van der Waals surface area (Å²) in [6.45, 7) is 69.4. The predicted molar refractivity (Wildman–Crippen MR) is 534 cm³/mol. The Bertz CT molecular complexity index is 5970. The lowest BCUT2D eigenvalue weighted by atomic mass is 9.81. The van der Waals surface area contributed by atoms with Crippen LogP contribution in [0.3, 0.4) is 0 Å². The van der Waals surface area contributed by atoms with Crippen molar-refractivity contribution in [3.05, 3.63) is 332 Å². The SMILES string of the molecule is Cc1ccccc1N(c1ccc2c(c1C)-c1ccccc1C2(C)C)C(C)(C)C.[2H]C(C)(C)c1ccccc1N(c1ccc2c(c1C([2H])(C)C)-c1ccccc1C2(C)C)C(C)(C)C.[2H]C(C)(C)c1ccccc1N(c1ccc2c(c1C([2H])(C)C)-c1ccccc1C2(C)C)C(C)(C)C.[2H]C(C)c1ccccc1N(c1ccc2c(c1C([2H])C)-c1ccccc1C2(C)C)C(C)(C)C. The van der Waals surface area contributed by atoms with E-state index in [1.165, 1.54) is 112 Å². The zero-order valence-electron chi connectivity index (χ0n) is 86.0. The van der Waals surface area contributed by atoms with Crippen LogP contribution in [0, 0.1) is 13.8 Å². The second-order valence-corrected chi connectivity index (χ2v) is 41.5. The third-order valence-electron chi connectivity index (χ3n) is 26.3. The van der Waals surface area contributed by atoms with Gasteiger partial charge in [-0.05, 0) is 315 Å². The van der Waals surface area contributed by atoms with Crippen molar-refractivity contribution < 1.29 is 8.22 Å². The molecule has 0 saturated heterocycles. The summed E-state index contributed by atoms with van der Waals surface area (Å²) in [4.78, 5) is 9.57. The summed E-state index contributed by atoms with van der Waals surface area (Å²) in [5.41, 5.74) is 37.5. The summed E-state index contributed by atoms with van der Waals surface area (Å²) in [6.07, 6.45) is -0.714. The fourth-order valence-electron chi connectivity index (χ4n) is 20.8. The molecule has 0 spiro atoms. The van der Waals surface area contributed by atoms with E-state index in [-0.39, 0.29) is 56.6 Å². The Hall–Kier alpha value is -10.2. The summed E-state index contributed by atoms with van der Waals surface area (Å²) in [6, 6.07) is 86.5. The van der Waals surface area contributed by atoms with Crippen molar-refractivity contribution in [1.29, 1.82) is 0 Å². The van der Waals surface area contributed by atoms with Crippen molar-refractivity contribution in [3.8, 4) is 44.5 Å². The van der Waals surface area contributed by atoms with Crippen LogP contribution in [0.15, 0.2) is 243 Å². The molecule has 4 heteroatoms. The molecule has 2 unspecified atom stereocenters. The summed E-state index contributed by atoms with van der Waals surface area (Å²) < 4.78 is 53.8. The average molecular weight is 1620 g/mol. The predicted octanol–water partition coefficient (Wildman–Crippen LogP) is 34.0. The van der Waals surface area contributed by atoms with Crippen LogP contribution in [-0.4, -0.2) is 22.2 Å². The van der Waals surface area contributed by atoms with Crippen molar-refractivity contribution in [1.82, 2.24) is 0 Å². The van der Waals surface area contributed by atoms with Crippen LogP contribution < -0.4 is 19.6 Å². The topological polar surface area (TPSA) is 13.0 Å². The lowest BCUT2D eigenvalue weighted by molar-refractivity contribution is 0.554. The van der Waals surface area contributed by atoms with E-state index >= 15 is 0 Å². The van der Waals surface area contributed by atoms with Crippen LogP contribution >= 0.6 is 0 Å². The average Bonchev–Trinajstić information content (AvgIpc) is 1.58. The largest absolute Gasteiger partial charge is 0.336 e. The van der Waals surface area contributed by atoms with Crippen molar-refractivity contribution in [2.75, 3.05) is 19.6 Å². The van der Waals surface area contributed by atoms with Gasteiger partial charge in [0.1, 0.15) is 0 Å². The standard InChI is InChI=1S/2C31H39N.C29H35N.C27H31N/c2*1-20(2)22-14-11-13-17-26(22)32(30(5,6)7)27-19-18-25-29(28(27)21(3)4)23-15-10-12-16-24(23)31(25,8)9;1-8-20-14-10-13-17-25(20)30(28(3,4)5)26-19-18-24-27(21(26)9-2)22-15-11-12-16-23(22)29(24,6)7;1-18-12-8-11-15-23(18)28(26(3,4)5)24-17-16-22-25(19(24)2)20-13-9-10-14-21(20)27(22,6)7/h2*10-21H,1-9H3;10-19H,8-9H2,1-7H3;8-17H,1-7H3/i2*20D,21D;8D,9D;. The number of fused-ring (bicyclic) bond motifs is 12. The molecule has 0 heterocycles. The zero-order chi connectivity index (χ0) is 94.2. The molecule has 12 aromatic rings. The van der Waals surface area contributed by atoms with Gasteiger partial charge in [-0.3, -0.25) is 0 Å². The number of anilines is 8. The third kappa shape index (κ3) is 15.9. The van der Waals surface area contributed by atoms with Gasteiger partial charge in [-0.25, -0.2) is 0 Å². The van der Waals surface area contributed by atoms with Crippen LogP contribution in [-0.2, 0) is 34.5 Å². The molecule has 0 bridgehead atoms. The summed E-state index contributed by atoms with van der Waals surface area (Å²) >= 11 is 0. The van der Waals surface area contributed by atoms with Crippen molar-refractivity contribution in [2.45, 2.75) is 302 Å². The van der Waals surface area contributed by atoms with Crippen molar-refractivity contribution in [3.63, 3.8) is 0 Å². The van der Waals surface area contributed by atoms with E-state index in [2.05, 4.69) is 396 Å². The monoisotopic (exact) mass is 1620 g/mol. The van der Waals surface area contributed by atoms with E-state index in [0.29, 0.717) is 0 Å². The first-order valence-electron chi connectivity index (χ1n) is 47.8. The van der Waals surface area contributed by atoms with Gasteiger partial charge in [0.2, 0.25) is 0 Å². The van der Waals surface area contributed by atoms with Gasteiger partial charge in [0.05, 0.1) is 0 Å². The molecule has 2 atom stereocenters. The number of nitrogens with zero attached hydrogens (tertiary/aromatic N) is 4. The number of benzene rings is 12. The molecular weight excluding hydrogens is 1470 g/mol. The Kier molecular flexibility index (Phi) is 22.4. The smallest absolute Gasteiger partial charge is 0.0457 e. The molecule has 16 rings (SSSR count). The van der Waals surface area contributed by atoms with E-state index in [0.717, 1.165) is 67.5 Å². The Labute approximate surface area is 746 Å². The maximum absolute atomic E-state index is 9.33. The molecule has 0 aliphatic heterocycles. The van der Waals surface area contributed by atoms with Gasteiger partial charge in [-0.1, -0.05) is 319 Å². The molecule has 12 aromatic carbocycles. The second kappa shape index (κ2) is 33.5. The molecule has 0 fully saturated rings. The minimum absolute atomic E-state index is 0.0290.